The van der Waals surface area contributed by atoms with Crippen LogP contribution in [-0.4, -0.2) is 26.4 Å². The first-order chi connectivity index (χ1) is 13.0. The summed E-state index contributed by atoms with van der Waals surface area (Å²) in [5, 5.41) is 11.8. The van der Waals surface area contributed by atoms with Crippen LogP contribution >= 0.6 is 23.4 Å². The van der Waals surface area contributed by atoms with E-state index in [0.29, 0.717) is 28.6 Å². The molecule has 0 spiro atoms. The van der Waals surface area contributed by atoms with Gasteiger partial charge in [-0.25, -0.2) is 8.78 Å². The number of carbonyl (C=O) groups excluding carboxylic acids is 1. The van der Waals surface area contributed by atoms with E-state index in [-0.39, 0.29) is 11.4 Å². The van der Waals surface area contributed by atoms with Crippen molar-refractivity contribution in [1.82, 2.24) is 14.8 Å². The molecular weight excluding hydrogens is 394 g/mol. The fraction of sp³-hybridized carbons (Fsp3) is 0.167. The minimum absolute atomic E-state index is 0.00251. The molecule has 1 heterocycles. The monoisotopic (exact) mass is 408 g/mol. The van der Waals surface area contributed by atoms with Crippen molar-refractivity contribution in [3.8, 4) is 11.4 Å². The molecule has 1 aromatic heterocycles. The molecule has 3 rings (SSSR count). The van der Waals surface area contributed by atoms with Crippen molar-refractivity contribution in [3.05, 3.63) is 59.1 Å². The zero-order chi connectivity index (χ0) is 19.4. The molecule has 0 unspecified atom stereocenters. The molecule has 0 fully saturated rings. The number of rotatable bonds is 6. The Balaban J connectivity index is 1.71. The molecule has 5 nitrogen and oxygen atoms in total. The number of carbonyl (C=O) groups is 1. The fourth-order valence-electron chi connectivity index (χ4n) is 2.43. The van der Waals surface area contributed by atoms with Crippen LogP contribution in [0.4, 0.5) is 14.5 Å². The number of nitrogens with zero attached hydrogens (tertiary/aromatic N) is 3. The number of hydrogen-bond acceptors (Lipinski definition) is 4. The number of aromatic nitrogens is 3. The number of thioether (sulfide) groups is 1. The maximum Gasteiger partial charge on any atom is 0.234 e. The van der Waals surface area contributed by atoms with Gasteiger partial charge < -0.3 is 9.88 Å². The third kappa shape index (κ3) is 4.45. The van der Waals surface area contributed by atoms with Crippen LogP contribution in [0.5, 0.6) is 0 Å². The topological polar surface area (TPSA) is 59.8 Å². The summed E-state index contributed by atoms with van der Waals surface area (Å²) < 4.78 is 28.4. The first kappa shape index (κ1) is 19.3. The highest BCUT2D eigenvalue weighted by Gasteiger charge is 2.17. The number of nitrogens with one attached hydrogen (secondary N) is 1. The molecule has 1 amide bonds. The molecule has 140 valence electrons. The highest BCUT2D eigenvalue weighted by atomic mass is 35.5. The number of halogens is 3. The first-order valence-electron chi connectivity index (χ1n) is 8.05. The standard InChI is InChI=1S/C18H15ClF2N4OS/c1-2-25-17(12-5-3-4-6-13(12)19)23-24-18(25)27-10-16(26)22-15-8-7-11(20)9-14(15)21/h3-9H,2,10H2,1H3,(H,22,26). The number of anilines is 1. The van der Waals surface area contributed by atoms with Crippen molar-refractivity contribution < 1.29 is 13.6 Å². The first-order valence-corrected chi connectivity index (χ1v) is 9.41. The molecule has 0 bridgehead atoms. The number of hydrogen-bond donors (Lipinski definition) is 1. The number of benzene rings is 2. The Bertz CT molecular complexity index is 980. The maximum atomic E-state index is 13.6. The van der Waals surface area contributed by atoms with E-state index >= 15 is 0 Å². The number of amides is 1. The summed E-state index contributed by atoms with van der Waals surface area (Å²) in [6.45, 7) is 2.52. The minimum Gasteiger partial charge on any atom is -0.323 e. The van der Waals surface area contributed by atoms with Crippen molar-refractivity contribution in [2.45, 2.75) is 18.6 Å². The van der Waals surface area contributed by atoms with Crippen LogP contribution in [0.2, 0.25) is 5.02 Å². The third-order valence-electron chi connectivity index (χ3n) is 3.69. The van der Waals surface area contributed by atoms with E-state index in [0.717, 1.165) is 11.6 Å². The smallest absolute Gasteiger partial charge is 0.234 e. The summed E-state index contributed by atoms with van der Waals surface area (Å²) in [6.07, 6.45) is 0. The fourth-order valence-corrected chi connectivity index (χ4v) is 3.45. The van der Waals surface area contributed by atoms with E-state index in [1.165, 1.54) is 17.8 Å². The SMILES string of the molecule is CCn1c(SCC(=O)Nc2ccc(F)cc2F)nnc1-c1ccccc1Cl. The lowest BCUT2D eigenvalue weighted by molar-refractivity contribution is -0.113. The lowest BCUT2D eigenvalue weighted by Crippen LogP contribution is -2.15. The molecule has 0 radical (unpaired) electrons. The maximum absolute atomic E-state index is 13.6. The zero-order valence-electron chi connectivity index (χ0n) is 14.2. The molecule has 0 aliphatic carbocycles. The van der Waals surface area contributed by atoms with Crippen LogP contribution in [0.25, 0.3) is 11.4 Å². The van der Waals surface area contributed by atoms with E-state index in [4.69, 9.17) is 11.6 Å². The lowest BCUT2D eigenvalue weighted by atomic mass is 10.2. The average Bonchev–Trinajstić information content (AvgIpc) is 3.05. The summed E-state index contributed by atoms with van der Waals surface area (Å²) in [6, 6.07) is 10.3. The van der Waals surface area contributed by atoms with Gasteiger partial charge in [-0.05, 0) is 31.2 Å². The van der Waals surface area contributed by atoms with Crippen LogP contribution in [0.3, 0.4) is 0 Å². The Kier molecular flexibility index (Phi) is 6.08. The zero-order valence-corrected chi connectivity index (χ0v) is 15.8. The molecule has 3 aromatic rings. The van der Waals surface area contributed by atoms with Crippen molar-refractivity contribution in [3.63, 3.8) is 0 Å². The molecule has 0 aliphatic rings. The summed E-state index contributed by atoms with van der Waals surface area (Å²) in [5.74, 6) is -1.36. The van der Waals surface area contributed by atoms with Gasteiger partial charge in [0.15, 0.2) is 11.0 Å². The van der Waals surface area contributed by atoms with Crippen LogP contribution in [-0.2, 0) is 11.3 Å². The second-order valence-corrected chi connectivity index (χ2v) is 6.84. The van der Waals surface area contributed by atoms with Gasteiger partial charge in [-0.15, -0.1) is 10.2 Å². The summed E-state index contributed by atoms with van der Waals surface area (Å²) in [5.41, 5.74) is 0.675. The predicted molar refractivity (Wildman–Crippen MR) is 102 cm³/mol. The summed E-state index contributed by atoms with van der Waals surface area (Å²) in [4.78, 5) is 12.1. The van der Waals surface area contributed by atoms with E-state index in [2.05, 4.69) is 15.5 Å². The van der Waals surface area contributed by atoms with Gasteiger partial charge in [-0.3, -0.25) is 4.79 Å². The van der Waals surface area contributed by atoms with Gasteiger partial charge in [-0.2, -0.15) is 0 Å². The Labute approximate surface area is 163 Å². The minimum atomic E-state index is -0.828. The molecule has 2 aromatic carbocycles. The van der Waals surface area contributed by atoms with Gasteiger partial charge in [0, 0.05) is 18.2 Å². The quantitative estimate of drug-likeness (QED) is 0.604. The second kappa shape index (κ2) is 8.49. The Morgan fingerprint density at radius 2 is 2.00 bits per heavy atom. The third-order valence-corrected chi connectivity index (χ3v) is 4.98. The Morgan fingerprint density at radius 3 is 2.70 bits per heavy atom. The van der Waals surface area contributed by atoms with Gasteiger partial charge in [0.25, 0.3) is 0 Å². The largest absolute Gasteiger partial charge is 0.323 e. The average molecular weight is 409 g/mol. The van der Waals surface area contributed by atoms with Crippen LogP contribution < -0.4 is 5.32 Å². The van der Waals surface area contributed by atoms with E-state index < -0.39 is 17.5 Å². The molecule has 27 heavy (non-hydrogen) atoms. The van der Waals surface area contributed by atoms with Gasteiger partial charge in [0.2, 0.25) is 5.91 Å². The Morgan fingerprint density at radius 1 is 1.22 bits per heavy atom. The van der Waals surface area contributed by atoms with Crippen molar-refractivity contribution >= 4 is 35.0 Å². The van der Waals surface area contributed by atoms with Gasteiger partial charge in [-0.1, -0.05) is 35.5 Å². The Hall–Kier alpha value is -2.45. The van der Waals surface area contributed by atoms with Crippen molar-refractivity contribution in [1.29, 1.82) is 0 Å². The van der Waals surface area contributed by atoms with Gasteiger partial charge in [0.1, 0.15) is 11.6 Å². The highest BCUT2D eigenvalue weighted by Crippen LogP contribution is 2.29. The molecule has 0 aliphatic heterocycles. The highest BCUT2D eigenvalue weighted by molar-refractivity contribution is 7.99. The lowest BCUT2D eigenvalue weighted by Gasteiger charge is -2.09. The molecule has 9 heteroatoms. The van der Waals surface area contributed by atoms with Crippen molar-refractivity contribution in [2.24, 2.45) is 0 Å². The molecule has 1 N–H and O–H groups in total. The van der Waals surface area contributed by atoms with Gasteiger partial charge in [0.05, 0.1) is 16.5 Å². The molecule has 0 saturated carbocycles. The molecule has 0 atom stereocenters. The van der Waals surface area contributed by atoms with E-state index in [1.54, 1.807) is 6.07 Å². The van der Waals surface area contributed by atoms with Crippen LogP contribution in [0.15, 0.2) is 47.6 Å². The molecule has 0 saturated heterocycles. The van der Waals surface area contributed by atoms with E-state index in [9.17, 15) is 13.6 Å². The predicted octanol–water partition coefficient (Wildman–Crippen LogP) is 4.63. The summed E-state index contributed by atoms with van der Waals surface area (Å²) >= 11 is 7.39. The van der Waals surface area contributed by atoms with Gasteiger partial charge >= 0.3 is 0 Å². The molecular formula is C18H15ClF2N4OS. The van der Waals surface area contributed by atoms with Crippen molar-refractivity contribution in [2.75, 3.05) is 11.1 Å². The summed E-state index contributed by atoms with van der Waals surface area (Å²) in [7, 11) is 0. The van der Waals surface area contributed by atoms with Crippen LogP contribution in [0, 0.1) is 11.6 Å². The normalized spacial score (nSPS) is 10.8. The second-order valence-electron chi connectivity index (χ2n) is 5.49. The van der Waals surface area contributed by atoms with E-state index in [1.807, 2.05) is 29.7 Å². The van der Waals surface area contributed by atoms with Crippen LogP contribution in [0.1, 0.15) is 6.92 Å².